The molecule has 0 aromatic carbocycles. The van der Waals surface area contributed by atoms with Crippen molar-refractivity contribution in [3.63, 3.8) is 0 Å². The second-order valence-electron chi connectivity index (χ2n) is 8.75. The third-order valence-corrected chi connectivity index (χ3v) is 6.43. The molecule has 2 aliphatic heterocycles. The number of rotatable bonds is 5. The van der Waals surface area contributed by atoms with Gasteiger partial charge in [0.2, 0.25) is 0 Å². The molecule has 0 bridgehead atoms. The van der Waals surface area contributed by atoms with Crippen LogP contribution in [0.3, 0.4) is 0 Å². The number of nitrogens with one attached hydrogen (secondary N) is 2. The van der Waals surface area contributed by atoms with Crippen LogP contribution in [0.25, 0.3) is 0 Å². The van der Waals surface area contributed by atoms with Gasteiger partial charge in [-0.2, -0.15) is 0 Å². The molecule has 4 atom stereocenters. The SMILES string of the molecule is CC(C)OC1CCC2NNC(c3cc(N4CCC(F)(CO)CC4)ncn3)C2C1. The van der Waals surface area contributed by atoms with Gasteiger partial charge in [0.25, 0.3) is 0 Å². The van der Waals surface area contributed by atoms with Gasteiger partial charge in [-0.05, 0) is 33.1 Å². The summed E-state index contributed by atoms with van der Waals surface area (Å²) in [6.45, 7) is 4.89. The number of hydrogen-bond donors (Lipinski definition) is 3. The highest BCUT2D eigenvalue weighted by Crippen LogP contribution is 2.39. The van der Waals surface area contributed by atoms with E-state index in [1.807, 2.05) is 6.07 Å². The maximum absolute atomic E-state index is 14.3. The smallest absolute Gasteiger partial charge is 0.137 e. The maximum Gasteiger partial charge on any atom is 0.137 e. The van der Waals surface area contributed by atoms with E-state index >= 15 is 0 Å². The lowest BCUT2D eigenvalue weighted by molar-refractivity contribution is -0.0276. The van der Waals surface area contributed by atoms with Crippen LogP contribution in [-0.2, 0) is 4.74 Å². The Morgan fingerprint density at radius 1 is 1.29 bits per heavy atom. The number of hydrogen-bond acceptors (Lipinski definition) is 7. The Morgan fingerprint density at radius 3 is 2.79 bits per heavy atom. The number of aliphatic hydroxyl groups excluding tert-OH is 1. The molecule has 3 heterocycles. The predicted molar refractivity (Wildman–Crippen MR) is 105 cm³/mol. The predicted octanol–water partition coefficient (Wildman–Crippen LogP) is 1.89. The molecule has 1 aromatic rings. The molecule has 1 aromatic heterocycles. The van der Waals surface area contributed by atoms with E-state index in [0.717, 1.165) is 30.8 Å². The molecule has 3 N–H and O–H groups in total. The van der Waals surface area contributed by atoms with E-state index in [2.05, 4.69) is 39.6 Å². The Hall–Kier alpha value is -1.35. The summed E-state index contributed by atoms with van der Waals surface area (Å²) < 4.78 is 20.4. The molecule has 7 nitrogen and oxygen atoms in total. The molecule has 28 heavy (non-hydrogen) atoms. The van der Waals surface area contributed by atoms with Crippen molar-refractivity contribution in [3.8, 4) is 0 Å². The minimum atomic E-state index is -1.45. The number of alkyl halides is 1. The molecular weight excluding hydrogens is 361 g/mol. The Balaban J connectivity index is 1.45. The number of ether oxygens (including phenoxy) is 1. The van der Waals surface area contributed by atoms with Crippen LogP contribution in [0.4, 0.5) is 10.2 Å². The van der Waals surface area contributed by atoms with Gasteiger partial charge in [-0.3, -0.25) is 5.43 Å². The molecule has 3 fully saturated rings. The van der Waals surface area contributed by atoms with Gasteiger partial charge in [0, 0.05) is 44.0 Å². The van der Waals surface area contributed by atoms with Crippen molar-refractivity contribution in [2.24, 2.45) is 5.92 Å². The largest absolute Gasteiger partial charge is 0.393 e. The topological polar surface area (TPSA) is 82.5 Å². The molecule has 3 aliphatic rings. The number of piperidine rings is 1. The van der Waals surface area contributed by atoms with Gasteiger partial charge in [-0.25, -0.2) is 19.8 Å². The average molecular weight is 394 g/mol. The van der Waals surface area contributed by atoms with E-state index < -0.39 is 12.3 Å². The fraction of sp³-hybridized carbons (Fsp3) is 0.800. The quantitative estimate of drug-likeness (QED) is 0.705. The summed E-state index contributed by atoms with van der Waals surface area (Å²) >= 11 is 0. The number of anilines is 1. The average Bonchev–Trinajstić information content (AvgIpc) is 3.11. The summed E-state index contributed by atoms with van der Waals surface area (Å²) in [5.41, 5.74) is 6.39. The van der Waals surface area contributed by atoms with Crippen molar-refractivity contribution < 1.29 is 14.2 Å². The van der Waals surface area contributed by atoms with Crippen LogP contribution in [0.15, 0.2) is 12.4 Å². The van der Waals surface area contributed by atoms with Crippen LogP contribution >= 0.6 is 0 Å². The van der Waals surface area contributed by atoms with Gasteiger partial charge in [-0.1, -0.05) is 0 Å². The van der Waals surface area contributed by atoms with Crippen molar-refractivity contribution in [1.82, 2.24) is 20.8 Å². The lowest BCUT2D eigenvalue weighted by atomic mass is 9.79. The van der Waals surface area contributed by atoms with Crippen LogP contribution < -0.4 is 15.8 Å². The first-order valence-corrected chi connectivity index (χ1v) is 10.5. The van der Waals surface area contributed by atoms with Gasteiger partial charge in [0.1, 0.15) is 17.8 Å². The van der Waals surface area contributed by atoms with Crippen LogP contribution in [0.5, 0.6) is 0 Å². The van der Waals surface area contributed by atoms with E-state index in [9.17, 15) is 9.50 Å². The Morgan fingerprint density at radius 2 is 2.07 bits per heavy atom. The number of aliphatic hydroxyl groups is 1. The van der Waals surface area contributed by atoms with Crippen LogP contribution in [0, 0.1) is 5.92 Å². The molecule has 4 unspecified atom stereocenters. The van der Waals surface area contributed by atoms with Crippen LogP contribution in [-0.4, -0.2) is 58.7 Å². The van der Waals surface area contributed by atoms with E-state index in [-0.39, 0.29) is 12.1 Å². The minimum Gasteiger partial charge on any atom is -0.393 e. The zero-order valence-corrected chi connectivity index (χ0v) is 16.8. The number of halogens is 1. The Kier molecular flexibility index (Phi) is 5.83. The van der Waals surface area contributed by atoms with Crippen molar-refractivity contribution in [2.75, 3.05) is 24.6 Å². The summed E-state index contributed by atoms with van der Waals surface area (Å²) in [4.78, 5) is 11.1. The molecule has 1 saturated carbocycles. The third-order valence-electron chi connectivity index (χ3n) is 6.43. The van der Waals surface area contributed by atoms with Crippen molar-refractivity contribution in [1.29, 1.82) is 0 Å². The second kappa shape index (κ2) is 8.18. The molecule has 1 aliphatic carbocycles. The fourth-order valence-corrected chi connectivity index (χ4v) is 4.82. The van der Waals surface area contributed by atoms with Gasteiger partial charge >= 0.3 is 0 Å². The van der Waals surface area contributed by atoms with Crippen LogP contribution in [0.2, 0.25) is 0 Å². The highest BCUT2D eigenvalue weighted by atomic mass is 19.1. The maximum atomic E-state index is 14.3. The Bertz CT molecular complexity index is 668. The molecule has 0 radical (unpaired) electrons. The zero-order valence-electron chi connectivity index (χ0n) is 16.8. The highest BCUT2D eigenvalue weighted by molar-refractivity contribution is 5.40. The van der Waals surface area contributed by atoms with Gasteiger partial charge in [0.15, 0.2) is 0 Å². The normalized spacial score (nSPS) is 32.5. The number of hydrazine groups is 1. The molecule has 8 heteroatoms. The molecule has 0 amide bonds. The Labute approximate surface area is 166 Å². The summed E-state index contributed by atoms with van der Waals surface area (Å²) in [5, 5.41) is 9.24. The second-order valence-corrected chi connectivity index (χ2v) is 8.75. The number of aromatic nitrogens is 2. The highest BCUT2D eigenvalue weighted by Gasteiger charge is 2.42. The summed E-state index contributed by atoms with van der Waals surface area (Å²) in [7, 11) is 0. The van der Waals surface area contributed by atoms with Gasteiger partial charge in [0.05, 0.1) is 30.6 Å². The standard InChI is InChI=1S/C20H32FN5O2/c1-13(2)28-14-3-4-16-15(9-14)19(25-24-16)17-10-18(23-12-22-17)26-7-5-20(21,11-27)6-8-26/h10,12-16,19,24-25,27H,3-9,11H2,1-2H3. The number of nitrogens with zero attached hydrogens (tertiary/aromatic N) is 3. The monoisotopic (exact) mass is 393 g/mol. The molecular formula is C20H32FN5O2. The van der Waals surface area contributed by atoms with E-state index in [1.54, 1.807) is 6.33 Å². The van der Waals surface area contributed by atoms with E-state index in [1.165, 1.54) is 0 Å². The zero-order chi connectivity index (χ0) is 19.7. The summed E-state index contributed by atoms with van der Waals surface area (Å²) in [6, 6.07) is 2.58. The molecule has 156 valence electrons. The van der Waals surface area contributed by atoms with Crippen molar-refractivity contribution >= 4 is 5.82 Å². The summed E-state index contributed by atoms with van der Waals surface area (Å²) in [6.07, 6.45) is 5.98. The first kappa shape index (κ1) is 19.9. The molecule has 2 saturated heterocycles. The first-order chi connectivity index (χ1) is 13.5. The minimum absolute atomic E-state index is 0.118. The molecule has 4 rings (SSSR count). The van der Waals surface area contributed by atoms with E-state index in [0.29, 0.717) is 44.0 Å². The van der Waals surface area contributed by atoms with Crippen molar-refractivity contribution in [2.45, 2.75) is 75.9 Å². The third kappa shape index (κ3) is 4.15. The van der Waals surface area contributed by atoms with E-state index in [4.69, 9.17) is 4.74 Å². The first-order valence-electron chi connectivity index (χ1n) is 10.5. The van der Waals surface area contributed by atoms with Gasteiger partial charge in [-0.15, -0.1) is 0 Å². The van der Waals surface area contributed by atoms with Crippen LogP contribution in [0.1, 0.15) is 57.7 Å². The number of fused-ring (bicyclic) bond motifs is 1. The van der Waals surface area contributed by atoms with Gasteiger partial charge < -0.3 is 14.7 Å². The lowest BCUT2D eigenvalue weighted by Crippen LogP contribution is -2.44. The fourth-order valence-electron chi connectivity index (χ4n) is 4.82. The summed E-state index contributed by atoms with van der Waals surface area (Å²) in [5.74, 6) is 1.26. The lowest BCUT2D eigenvalue weighted by Gasteiger charge is -2.36. The van der Waals surface area contributed by atoms with Crippen molar-refractivity contribution in [3.05, 3.63) is 18.1 Å². The molecule has 0 spiro atoms.